The fourth-order valence-corrected chi connectivity index (χ4v) is 5.24. The van der Waals surface area contributed by atoms with E-state index in [1.165, 1.54) is 17.0 Å². The molecule has 0 N–H and O–H groups in total. The Hall–Kier alpha value is -2.21. The summed E-state index contributed by atoms with van der Waals surface area (Å²) in [5, 5.41) is 0. The van der Waals surface area contributed by atoms with Gasteiger partial charge in [-0.1, -0.05) is 25.0 Å². The lowest BCUT2D eigenvalue weighted by atomic mass is 9.77. The number of fused-ring (bicyclic) bond motifs is 1. The minimum absolute atomic E-state index is 0.0758. The summed E-state index contributed by atoms with van der Waals surface area (Å²) in [6.45, 7) is 4.55. The monoisotopic (exact) mass is 385 g/mol. The molecular weight excluding hydrogens is 361 g/mol. The molecule has 1 fully saturated rings. The summed E-state index contributed by atoms with van der Waals surface area (Å²) in [5.74, 6) is -0.205. The molecule has 2 heterocycles. The number of hydrogen-bond donors (Lipinski definition) is 0. The van der Waals surface area contributed by atoms with Crippen molar-refractivity contribution in [1.29, 1.82) is 0 Å². The smallest absolute Gasteiger partial charge is 0.233 e. The van der Waals surface area contributed by atoms with Crippen molar-refractivity contribution >= 4 is 22.2 Å². The summed E-state index contributed by atoms with van der Waals surface area (Å²) >= 11 is 1.65. The molecule has 6 heteroatoms. The number of imidazole rings is 1. The summed E-state index contributed by atoms with van der Waals surface area (Å²) < 4.78 is 15.9. The highest BCUT2D eigenvalue weighted by molar-refractivity contribution is 7.17. The molecule has 1 amide bonds. The third kappa shape index (κ3) is 3.06. The van der Waals surface area contributed by atoms with E-state index in [9.17, 15) is 9.18 Å². The van der Waals surface area contributed by atoms with E-state index >= 15 is 0 Å². The number of thiazole rings is 1. The molecule has 3 aromatic rings. The van der Waals surface area contributed by atoms with E-state index in [0.29, 0.717) is 6.54 Å². The van der Waals surface area contributed by atoms with Gasteiger partial charge in [0.2, 0.25) is 5.91 Å². The average Bonchev–Trinajstić information content (AvgIpc) is 3.32. The number of carbonyl (C=O) groups excluding carboxylic acids is 1. The number of likely N-dealkylation sites (N-methyl/N-ethyl adjacent to an activating group) is 1. The number of halogens is 1. The van der Waals surface area contributed by atoms with E-state index in [0.717, 1.165) is 47.6 Å². The Kier molecular flexibility index (Phi) is 4.54. The van der Waals surface area contributed by atoms with E-state index in [2.05, 4.69) is 22.5 Å². The molecule has 1 aliphatic rings. The molecule has 2 aromatic heterocycles. The zero-order valence-electron chi connectivity index (χ0n) is 16.0. The third-order valence-corrected chi connectivity index (χ3v) is 6.62. The largest absolute Gasteiger partial charge is 0.339 e. The third-order valence-electron chi connectivity index (χ3n) is 5.72. The van der Waals surface area contributed by atoms with Crippen molar-refractivity contribution in [2.24, 2.45) is 0 Å². The molecule has 0 unspecified atom stereocenters. The molecule has 0 atom stereocenters. The molecule has 1 saturated carbocycles. The van der Waals surface area contributed by atoms with Gasteiger partial charge in [-0.3, -0.25) is 9.20 Å². The molecule has 1 aromatic carbocycles. The number of carbonyl (C=O) groups is 1. The zero-order valence-corrected chi connectivity index (χ0v) is 16.8. The summed E-state index contributed by atoms with van der Waals surface area (Å²) in [6, 6.07) is 6.56. The first-order chi connectivity index (χ1) is 12.9. The lowest BCUT2D eigenvalue weighted by Crippen LogP contribution is -2.43. The van der Waals surface area contributed by atoms with Gasteiger partial charge in [-0.05, 0) is 44.4 Å². The molecular formula is C21H24FN3OS. The van der Waals surface area contributed by atoms with Crippen LogP contribution in [0.1, 0.15) is 47.5 Å². The Bertz CT molecular complexity index is 1000. The number of hydrogen-bond acceptors (Lipinski definition) is 3. The predicted octanol–water partition coefficient (Wildman–Crippen LogP) is 4.62. The van der Waals surface area contributed by atoms with Gasteiger partial charge in [0.1, 0.15) is 5.82 Å². The van der Waals surface area contributed by atoms with Crippen LogP contribution in [0, 0.1) is 19.7 Å². The molecule has 0 spiro atoms. The van der Waals surface area contributed by atoms with Gasteiger partial charge in [-0.25, -0.2) is 9.37 Å². The van der Waals surface area contributed by atoms with E-state index < -0.39 is 5.41 Å². The lowest BCUT2D eigenvalue weighted by Gasteiger charge is -2.33. The fourth-order valence-electron chi connectivity index (χ4n) is 4.35. The highest BCUT2D eigenvalue weighted by atomic mass is 32.1. The zero-order chi connectivity index (χ0) is 19.2. The average molecular weight is 386 g/mol. The summed E-state index contributed by atoms with van der Waals surface area (Å²) in [4.78, 5) is 22.1. The van der Waals surface area contributed by atoms with Crippen molar-refractivity contribution in [2.75, 3.05) is 7.05 Å². The van der Waals surface area contributed by atoms with Crippen molar-refractivity contribution in [3.8, 4) is 0 Å². The molecule has 4 nitrogen and oxygen atoms in total. The van der Waals surface area contributed by atoms with Crippen LogP contribution < -0.4 is 0 Å². The van der Waals surface area contributed by atoms with E-state index in [4.69, 9.17) is 0 Å². The second-order valence-corrected chi connectivity index (χ2v) is 8.81. The first kappa shape index (κ1) is 18.2. The Morgan fingerprint density at radius 3 is 2.78 bits per heavy atom. The molecule has 27 heavy (non-hydrogen) atoms. The molecule has 0 aliphatic heterocycles. The number of aryl methyl sites for hydroxylation is 2. The number of aromatic nitrogens is 2. The van der Waals surface area contributed by atoms with Crippen LogP contribution in [0.15, 0.2) is 30.5 Å². The highest BCUT2D eigenvalue weighted by Gasteiger charge is 2.44. The molecule has 0 radical (unpaired) electrons. The van der Waals surface area contributed by atoms with Crippen LogP contribution in [0.25, 0.3) is 4.96 Å². The first-order valence-electron chi connectivity index (χ1n) is 9.36. The van der Waals surface area contributed by atoms with E-state index in [1.54, 1.807) is 22.3 Å². The first-order valence-corrected chi connectivity index (χ1v) is 10.2. The van der Waals surface area contributed by atoms with Gasteiger partial charge < -0.3 is 4.90 Å². The van der Waals surface area contributed by atoms with E-state index in [1.807, 2.05) is 20.0 Å². The summed E-state index contributed by atoms with van der Waals surface area (Å²) in [5.41, 5.74) is 2.18. The second-order valence-electron chi connectivity index (χ2n) is 7.60. The minimum atomic E-state index is -0.612. The molecule has 4 rings (SSSR count). The van der Waals surface area contributed by atoms with Crippen LogP contribution in [0.3, 0.4) is 0 Å². The molecule has 142 valence electrons. The quantitative estimate of drug-likeness (QED) is 0.657. The van der Waals surface area contributed by atoms with Crippen molar-refractivity contribution in [2.45, 2.75) is 51.5 Å². The van der Waals surface area contributed by atoms with Gasteiger partial charge in [0.25, 0.3) is 0 Å². The minimum Gasteiger partial charge on any atom is -0.339 e. The maximum Gasteiger partial charge on any atom is 0.233 e. The van der Waals surface area contributed by atoms with Crippen LogP contribution in [0.5, 0.6) is 0 Å². The van der Waals surface area contributed by atoms with Gasteiger partial charge in [0.05, 0.1) is 23.3 Å². The second kappa shape index (κ2) is 6.75. The SMILES string of the molecule is Cc1cn2c(CN(C)C(=O)C3(c4cccc(F)c4)CCCC3)c(C)nc2s1. The van der Waals surface area contributed by atoms with Crippen LogP contribution >= 0.6 is 11.3 Å². The number of benzene rings is 1. The Balaban J connectivity index is 1.66. The van der Waals surface area contributed by atoms with Crippen molar-refractivity contribution in [1.82, 2.24) is 14.3 Å². The van der Waals surface area contributed by atoms with Crippen LogP contribution in [0.2, 0.25) is 0 Å². The number of nitrogens with zero attached hydrogens (tertiary/aromatic N) is 3. The van der Waals surface area contributed by atoms with Crippen molar-refractivity contribution in [3.63, 3.8) is 0 Å². The molecule has 1 aliphatic carbocycles. The lowest BCUT2D eigenvalue weighted by molar-refractivity contribution is -0.136. The van der Waals surface area contributed by atoms with Gasteiger partial charge in [0.15, 0.2) is 4.96 Å². The highest BCUT2D eigenvalue weighted by Crippen LogP contribution is 2.43. The van der Waals surface area contributed by atoms with Gasteiger partial charge in [-0.2, -0.15) is 0 Å². The van der Waals surface area contributed by atoms with Gasteiger partial charge in [-0.15, -0.1) is 11.3 Å². The van der Waals surface area contributed by atoms with E-state index in [-0.39, 0.29) is 11.7 Å². The van der Waals surface area contributed by atoms with Crippen LogP contribution in [-0.2, 0) is 16.8 Å². The predicted molar refractivity (Wildman–Crippen MR) is 106 cm³/mol. The molecule has 0 bridgehead atoms. The Morgan fingerprint density at radius 1 is 1.33 bits per heavy atom. The van der Waals surface area contributed by atoms with Gasteiger partial charge in [0, 0.05) is 18.1 Å². The Morgan fingerprint density at radius 2 is 2.07 bits per heavy atom. The summed E-state index contributed by atoms with van der Waals surface area (Å²) in [6.07, 6.45) is 5.62. The molecule has 0 saturated heterocycles. The maximum absolute atomic E-state index is 13.9. The maximum atomic E-state index is 13.9. The number of amides is 1. The van der Waals surface area contributed by atoms with Crippen molar-refractivity contribution < 1.29 is 9.18 Å². The topological polar surface area (TPSA) is 37.6 Å². The van der Waals surface area contributed by atoms with Crippen LogP contribution in [-0.4, -0.2) is 27.2 Å². The van der Waals surface area contributed by atoms with Crippen LogP contribution in [0.4, 0.5) is 4.39 Å². The fraction of sp³-hybridized carbons (Fsp3) is 0.429. The standard InChI is InChI=1S/C21H24FN3OS/c1-14-12-25-18(15(2)23-20(25)27-14)13-24(3)19(26)21(9-4-5-10-21)16-7-6-8-17(22)11-16/h6-8,11-12H,4-5,9-10,13H2,1-3H3. The van der Waals surface area contributed by atoms with Gasteiger partial charge >= 0.3 is 0 Å². The summed E-state index contributed by atoms with van der Waals surface area (Å²) in [7, 11) is 1.85. The van der Waals surface area contributed by atoms with Crippen molar-refractivity contribution in [3.05, 3.63) is 58.1 Å². The number of rotatable bonds is 4. The Labute approximate surface area is 162 Å². The normalized spacial score (nSPS) is 16.1.